The Balaban J connectivity index is 0.00000108. The van der Waals surface area contributed by atoms with Crippen molar-refractivity contribution in [2.24, 2.45) is 0 Å². The maximum atomic E-state index is 9.53. The average Bonchev–Trinajstić information content (AvgIpc) is 2.83. The molecule has 0 aromatic carbocycles. The van der Waals surface area contributed by atoms with E-state index in [4.69, 9.17) is 5.73 Å². The summed E-state index contributed by atoms with van der Waals surface area (Å²) in [4.78, 5) is 12.3. The maximum Gasteiger partial charge on any atom is 0.222 e. The molecule has 0 saturated heterocycles. The summed E-state index contributed by atoms with van der Waals surface area (Å²) >= 11 is 0. The summed E-state index contributed by atoms with van der Waals surface area (Å²) in [6.07, 6.45) is 5.72. The average molecular weight is 256 g/mol. The van der Waals surface area contributed by atoms with Crippen LogP contribution in [0.4, 0.5) is 5.95 Å². The van der Waals surface area contributed by atoms with Crippen LogP contribution in [0.25, 0.3) is 11.2 Å². The molecule has 0 radical (unpaired) electrons. The van der Waals surface area contributed by atoms with Crippen LogP contribution in [0.2, 0.25) is 0 Å². The lowest BCUT2D eigenvalue weighted by molar-refractivity contribution is 0.178. The van der Waals surface area contributed by atoms with Crippen LogP contribution in [-0.4, -0.2) is 30.7 Å². The van der Waals surface area contributed by atoms with Crippen molar-refractivity contribution >= 4 is 29.5 Å². The third-order valence-electron chi connectivity index (χ3n) is 3.11. The van der Waals surface area contributed by atoms with E-state index in [1.165, 1.54) is 0 Å². The van der Waals surface area contributed by atoms with Crippen LogP contribution in [0.1, 0.15) is 25.3 Å². The van der Waals surface area contributed by atoms with Crippen molar-refractivity contribution in [2.75, 3.05) is 5.73 Å². The van der Waals surface area contributed by atoms with Crippen molar-refractivity contribution in [2.45, 2.75) is 31.4 Å². The highest BCUT2D eigenvalue weighted by Crippen LogP contribution is 2.31. The molecule has 1 fully saturated rings. The molecule has 0 spiro atoms. The van der Waals surface area contributed by atoms with Crippen LogP contribution in [-0.2, 0) is 0 Å². The summed E-state index contributed by atoms with van der Waals surface area (Å²) in [5.41, 5.74) is 7.07. The number of nitrogens with two attached hydrogens (primary N) is 1. The van der Waals surface area contributed by atoms with E-state index < -0.39 is 0 Å². The minimum Gasteiger partial charge on any atom is -0.393 e. The standard InChI is InChI=1S/C10H13N5O.ClH/c11-10-12-4-8-9(14-10)15(5-13-8)6-1-2-7(16)3-6;/h4-7,16H,1-3H2,(H2,11,12,14);1H/t6-,7+;/m0./s1. The zero-order valence-corrected chi connectivity index (χ0v) is 9.97. The number of fused-ring (bicyclic) bond motifs is 1. The number of halogens is 1. The van der Waals surface area contributed by atoms with Crippen LogP contribution in [0, 0.1) is 0 Å². The SMILES string of the molecule is Cl.Nc1ncc2ncn([C@H]3CC[C@@H](O)C3)c2n1. The van der Waals surface area contributed by atoms with Gasteiger partial charge in [0, 0.05) is 6.04 Å². The lowest BCUT2D eigenvalue weighted by atomic mass is 10.2. The van der Waals surface area contributed by atoms with E-state index in [0.717, 1.165) is 30.4 Å². The molecule has 1 aliphatic carbocycles. The van der Waals surface area contributed by atoms with Crippen molar-refractivity contribution in [3.63, 3.8) is 0 Å². The summed E-state index contributed by atoms with van der Waals surface area (Å²) in [6, 6.07) is 0.272. The molecule has 92 valence electrons. The summed E-state index contributed by atoms with van der Waals surface area (Å²) in [5, 5.41) is 9.53. The van der Waals surface area contributed by atoms with Gasteiger partial charge in [0.1, 0.15) is 5.52 Å². The van der Waals surface area contributed by atoms with Gasteiger partial charge in [-0.15, -0.1) is 12.4 Å². The summed E-state index contributed by atoms with van der Waals surface area (Å²) in [7, 11) is 0. The first-order chi connectivity index (χ1) is 7.74. The second-order valence-electron chi connectivity index (χ2n) is 4.21. The van der Waals surface area contributed by atoms with Crippen LogP contribution in [0.5, 0.6) is 0 Å². The molecule has 2 aromatic rings. The Labute approximate surface area is 104 Å². The van der Waals surface area contributed by atoms with Crippen LogP contribution >= 0.6 is 12.4 Å². The molecule has 0 aliphatic heterocycles. The smallest absolute Gasteiger partial charge is 0.222 e. The minimum atomic E-state index is -0.207. The molecule has 0 amide bonds. The molecular weight excluding hydrogens is 242 g/mol. The molecular formula is C10H14ClN5O. The molecule has 3 rings (SSSR count). The van der Waals surface area contributed by atoms with Gasteiger partial charge < -0.3 is 15.4 Å². The van der Waals surface area contributed by atoms with Crippen molar-refractivity contribution in [3.8, 4) is 0 Å². The predicted molar refractivity (Wildman–Crippen MR) is 65.9 cm³/mol. The molecule has 2 heterocycles. The summed E-state index contributed by atoms with van der Waals surface area (Å²) in [5.74, 6) is 0.257. The number of nitrogen functional groups attached to an aromatic ring is 1. The van der Waals surface area contributed by atoms with Crippen LogP contribution in [0.3, 0.4) is 0 Å². The Hall–Kier alpha value is -1.40. The first-order valence-electron chi connectivity index (χ1n) is 5.37. The Morgan fingerprint density at radius 1 is 1.35 bits per heavy atom. The highest BCUT2D eigenvalue weighted by molar-refractivity contribution is 5.85. The number of hydrogen-bond acceptors (Lipinski definition) is 5. The van der Waals surface area contributed by atoms with Gasteiger partial charge in [-0.2, -0.15) is 4.98 Å². The number of hydrogen-bond donors (Lipinski definition) is 2. The fraction of sp³-hybridized carbons (Fsp3) is 0.500. The lowest BCUT2D eigenvalue weighted by Crippen LogP contribution is -2.07. The molecule has 7 heteroatoms. The zero-order valence-electron chi connectivity index (χ0n) is 9.15. The van der Waals surface area contributed by atoms with Gasteiger partial charge in [-0.25, -0.2) is 9.97 Å². The molecule has 3 N–H and O–H groups in total. The van der Waals surface area contributed by atoms with E-state index in [1.807, 2.05) is 4.57 Å². The van der Waals surface area contributed by atoms with Gasteiger partial charge in [0.15, 0.2) is 5.65 Å². The summed E-state index contributed by atoms with van der Waals surface area (Å²) in [6.45, 7) is 0. The van der Waals surface area contributed by atoms with E-state index in [2.05, 4.69) is 15.0 Å². The molecule has 1 aliphatic rings. The van der Waals surface area contributed by atoms with E-state index in [0.29, 0.717) is 0 Å². The number of anilines is 1. The molecule has 1 saturated carbocycles. The van der Waals surface area contributed by atoms with Crippen molar-refractivity contribution in [3.05, 3.63) is 12.5 Å². The molecule has 2 atom stereocenters. The number of aliphatic hydroxyl groups excluding tert-OH is 1. The zero-order chi connectivity index (χ0) is 11.1. The molecule has 0 bridgehead atoms. The van der Waals surface area contributed by atoms with Gasteiger partial charge in [0.05, 0.1) is 18.6 Å². The first kappa shape index (κ1) is 12.1. The second kappa shape index (κ2) is 4.46. The van der Waals surface area contributed by atoms with Gasteiger partial charge in [-0.1, -0.05) is 0 Å². The summed E-state index contributed by atoms with van der Waals surface area (Å²) < 4.78 is 1.99. The number of rotatable bonds is 1. The fourth-order valence-corrected chi connectivity index (χ4v) is 2.29. The Kier molecular flexibility index (Phi) is 3.17. The molecule has 6 nitrogen and oxygen atoms in total. The normalized spacial score (nSPS) is 23.8. The highest BCUT2D eigenvalue weighted by atomic mass is 35.5. The Morgan fingerprint density at radius 2 is 2.18 bits per heavy atom. The molecule has 0 unspecified atom stereocenters. The monoisotopic (exact) mass is 255 g/mol. The van der Waals surface area contributed by atoms with E-state index in [-0.39, 0.29) is 30.5 Å². The number of imidazole rings is 1. The predicted octanol–water partition coefficient (Wildman–Crippen LogP) is 0.916. The quantitative estimate of drug-likeness (QED) is 0.791. The first-order valence-corrected chi connectivity index (χ1v) is 5.37. The topological polar surface area (TPSA) is 89.8 Å². The fourth-order valence-electron chi connectivity index (χ4n) is 2.29. The highest BCUT2D eigenvalue weighted by Gasteiger charge is 2.25. The van der Waals surface area contributed by atoms with Crippen LogP contribution < -0.4 is 5.73 Å². The van der Waals surface area contributed by atoms with Crippen molar-refractivity contribution < 1.29 is 5.11 Å². The van der Waals surface area contributed by atoms with Gasteiger partial charge >= 0.3 is 0 Å². The van der Waals surface area contributed by atoms with Crippen molar-refractivity contribution in [1.82, 2.24) is 19.5 Å². The van der Waals surface area contributed by atoms with E-state index in [1.54, 1.807) is 12.5 Å². The number of aliphatic hydroxyl groups is 1. The van der Waals surface area contributed by atoms with E-state index >= 15 is 0 Å². The third-order valence-corrected chi connectivity index (χ3v) is 3.11. The second-order valence-corrected chi connectivity index (χ2v) is 4.21. The maximum absolute atomic E-state index is 9.53. The van der Waals surface area contributed by atoms with Crippen molar-refractivity contribution in [1.29, 1.82) is 0 Å². The largest absolute Gasteiger partial charge is 0.393 e. The molecule has 17 heavy (non-hydrogen) atoms. The van der Waals surface area contributed by atoms with Gasteiger partial charge in [-0.3, -0.25) is 0 Å². The molecule has 2 aromatic heterocycles. The third kappa shape index (κ3) is 2.05. The van der Waals surface area contributed by atoms with Gasteiger partial charge in [0.25, 0.3) is 0 Å². The van der Waals surface area contributed by atoms with Crippen LogP contribution in [0.15, 0.2) is 12.5 Å². The number of aromatic nitrogens is 4. The Bertz CT molecular complexity index is 528. The lowest BCUT2D eigenvalue weighted by Gasteiger charge is -2.11. The van der Waals surface area contributed by atoms with E-state index in [9.17, 15) is 5.11 Å². The van der Waals surface area contributed by atoms with Gasteiger partial charge in [0.2, 0.25) is 5.95 Å². The number of nitrogens with zero attached hydrogens (tertiary/aromatic N) is 4. The Morgan fingerprint density at radius 3 is 2.88 bits per heavy atom. The minimum absolute atomic E-state index is 0. The van der Waals surface area contributed by atoms with Gasteiger partial charge in [-0.05, 0) is 19.3 Å².